The van der Waals surface area contributed by atoms with E-state index in [1.54, 1.807) is 60.4 Å². The monoisotopic (exact) mass is 481 g/mol. The molecule has 0 atom stereocenters. The minimum Gasteiger partial charge on any atom is -1.00 e. The van der Waals surface area contributed by atoms with Crippen molar-refractivity contribution >= 4 is 12.0 Å². The molecule has 0 aliphatic rings. The van der Waals surface area contributed by atoms with E-state index in [1.807, 2.05) is 0 Å². The van der Waals surface area contributed by atoms with Crippen LogP contribution in [0.1, 0.15) is 16.1 Å². The molecule has 1 N–H and O–H groups in total. The highest BCUT2D eigenvalue weighted by Gasteiger charge is 2.18. The Hall–Kier alpha value is -2.68. The van der Waals surface area contributed by atoms with Gasteiger partial charge in [-0.1, -0.05) is 0 Å². The van der Waals surface area contributed by atoms with Crippen molar-refractivity contribution in [2.75, 3.05) is 0 Å². The summed E-state index contributed by atoms with van der Waals surface area (Å²) in [5.74, 6) is -2.01. The number of hydrogen-bond acceptors (Lipinski definition) is 2. The number of H-pyrrole nitrogens is 1. The maximum absolute atomic E-state index is 14.3. The highest BCUT2D eigenvalue weighted by Crippen LogP contribution is 2.26. The van der Waals surface area contributed by atoms with Gasteiger partial charge in [0.15, 0.2) is 12.4 Å². The highest BCUT2D eigenvalue weighted by molar-refractivity contribution is 5.86. The van der Waals surface area contributed by atoms with Crippen molar-refractivity contribution in [2.45, 2.75) is 0 Å². The summed E-state index contributed by atoms with van der Waals surface area (Å²) in [7, 11) is 1.71. The van der Waals surface area contributed by atoms with E-state index >= 15 is 0 Å². The fraction of sp³-hybridized carbons (Fsp3) is 0.0500. The minimum absolute atomic E-state index is 0. The van der Waals surface area contributed by atoms with E-state index in [4.69, 9.17) is 4.74 Å². The van der Waals surface area contributed by atoms with Crippen LogP contribution in [-0.4, -0.2) is 5.97 Å². The zero-order valence-electron chi connectivity index (χ0n) is 14.3. The SMILES string of the molecule is C[n+]1ccccc1C(=O)O/C=C/c1cc(F)cc(F)c1-c1cccc[nH+]1.[I-]. The predicted octanol–water partition coefficient (Wildman–Crippen LogP) is 0.102. The Bertz CT molecular complexity index is 979. The molecular formula is C20H16F2IN2O2+. The van der Waals surface area contributed by atoms with Crippen molar-refractivity contribution in [3.8, 4) is 11.3 Å². The van der Waals surface area contributed by atoms with Crippen LogP contribution in [0.15, 0.2) is 67.2 Å². The van der Waals surface area contributed by atoms with Crippen molar-refractivity contribution in [3.05, 3.63) is 90.1 Å². The number of aromatic nitrogens is 2. The van der Waals surface area contributed by atoms with E-state index < -0.39 is 17.6 Å². The molecule has 2 aromatic heterocycles. The lowest BCUT2D eigenvalue weighted by Crippen LogP contribution is -3.00. The average molecular weight is 481 g/mol. The summed E-state index contributed by atoms with van der Waals surface area (Å²) in [6, 6.07) is 12.2. The Labute approximate surface area is 172 Å². The van der Waals surface area contributed by atoms with Crippen LogP contribution in [0.5, 0.6) is 0 Å². The molecule has 0 bridgehead atoms. The molecule has 0 aliphatic carbocycles. The first kappa shape index (κ1) is 20.6. The summed E-state index contributed by atoms with van der Waals surface area (Å²) in [4.78, 5) is 15.0. The fourth-order valence-corrected chi connectivity index (χ4v) is 2.52. The van der Waals surface area contributed by atoms with Gasteiger partial charge in [0.25, 0.3) is 5.69 Å². The first-order valence-corrected chi connectivity index (χ1v) is 7.84. The van der Waals surface area contributed by atoms with Crippen LogP contribution in [0, 0.1) is 11.6 Å². The van der Waals surface area contributed by atoms with Gasteiger partial charge in [-0.05, 0) is 29.8 Å². The number of nitrogens with zero attached hydrogens (tertiary/aromatic N) is 1. The van der Waals surface area contributed by atoms with Crippen molar-refractivity contribution in [3.63, 3.8) is 0 Å². The molecule has 3 aromatic rings. The van der Waals surface area contributed by atoms with Crippen molar-refractivity contribution in [2.24, 2.45) is 7.05 Å². The molecule has 0 fully saturated rings. The van der Waals surface area contributed by atoms with Crippen LogP contribution in [0.2, 0.25) is 0 Å². The van der Waals surface area contributed by atoms with Gasteiger partial charge >= 0.3 is 5.97 Å². The number of benzene rings is 1. The van der Waals surface area contributed by atoms with Gasteiger partial charge in [0.2, 0.25) is 5.69 Å². The molecule has 0 saturated heterocycles. The van der Waals surface area contributed by atoms with E-state index in [-0.39, 0.29) is 35.1 Å². The summed E-state index contributed by atoms with van der Waals surface area (Å²) < 4.78 is 34.6. The second kappa shape index (κ2) is 9.31. The maximum atomic E-state index is 14.3. The van der Waals surface area contributed by atoms with Gasteiger partial charge in [-0.15, -0.1) is 0 Å². The van der Waals surface area contributed by atoms with Crippen molar-refractivity contribution in [1.82, 2.24) is 0 Å². The first-order chi connectivity index (χ1) is 12.6. The molecule has 4 nitrogen and oxygen atoms in total. The smallest absolute Gasteiger partial charge is 0.408 e. The number of esters is 1. The molecule has 0 radical (unpaired) electrons. The third-order valence-electron chi connectivity index (χ3n) is 3.75. The molecule has 0 aliphatic heterocycles. The lowest BCUT2D eigenvalue weighted by molar-refractivity contribution is -0.674. The Balaban J connectivity index is 0.00000261. The molecule has 0 spiro atoms. The lowest BCUT2D eigenvalue weighted by atomic mass is 10.0. The van der Waals surface area contributed by atoms with E-state index in [0.29, 0.717) is 11.4 Å². The van der Waals surface area contributed by atoms with Crippen LogP contribution in [0.4, 0.5) is 8.78 Å². The zero-order valence-corrected chi connectivity index (χ0v) is 16.5. The number of aromatic amines is 1. The molecule has 0 unspecified atom stereocenters. The number of pyridine rings is 2. The maximum Gasteiger partial charge on any atom is 0.408 e. The van der Waals surface area contributed by atoms with E-state index in [9.17, 15) is 13.6 Å². The zero-order chi connectivity index (χ0) is 18.5. The fourth-order valence-electron chi connectivity index (χ4n) is 2.52. The summed E-state index contributed by atoms with van der Waals surface area (Å²) in [5.41, 5.74) is 1.25. The summed E-state index contributed by atoms with van der Waals surface area (Å²) >= 11 is 0. The van der Waals surface area contributed by atoms with Crippen molar-refractivity contribution in [1.29, 1.82) is 0 Å². The summed E-state index contributed by atoms with van der Waals surface area (Å²) in [5, 5.41) is 0. The standard InChI is InChI=1S/C20H15F2N2O2.HI/c1-24-10-5-3-7-18(24)20(25)26-11-8-14-12-15(21)13-16(22)19(14)17-6-2-4-9-23-17;/h2-13H,1H3;1H/q+1;/b11-8+;. The van der Waals surface area contributed by atoms with Gasteiger partial charge in [0, 0.05) is 30.3 Å². The van der Waals surface area contributed by atoms with Crippen LogP contribution < -0.4 is 33.5 Å². The van der Waals surface area contributed by atoms with Crippen LogP contribution in [-0.2, 0) is 11.8 Å². The topological polar surface area (TPSA) is 44.3 Å². The Morgan fingerprint density at radius 1 is 1.15 bits per heavy atom. The second-order valence-electron chi connectivity index (χ2n) is 5.53. The molecule has 0 amide bonds. The number of rotatable bonds is 4. The predicted molar refractivity (Wildman–Crippen MR) is 90.4 cm³/mol. The van der Waals surface area contributed by atoms with Crippen LogP contribution in [0.3, 0.4) is 0 Å². The number of carbonyl (C=O) groups is 1. The first-order valence-electron chi connectivity index (χ1n) is 7.84. The Morgan fingerprint density at radius 2 is 1.93 bits per heavy atom. The number of ether oxygens (including phenoxy) is 1. The normalized spacial score (nSPS) is 10.5. The number of hydrogen-bond donors (Lipinski definition) is 0. The van der Waals surface area contributed by atoms with Crippen LogP contribution in [0.25, 0.3) is 17.3 Å². The lowest BCUT2D eigenvalue weighted by Gasteiger charge is -2.04. The van der Waals surface area contributed by atoms with Gasteiger partial charge in [-0.3, -0.25) is 0 Å². The van der Waals surface area contributed by atoms with Gasteiger partial charge in [0.05, 0.1) is 11.8 Å². The third kappa shape index (κ3) is 4.94. The second-order valence-corrected chi connectivity index (χ2v) is 5.53. The van der Waals surface area contributed by atoms with Gasteiger partial charge < -0.3 is 28.7 Å². The quantitative estimate of drug-likeness (QED) is 0.230. The molecular weight excluding hydrogens is 465 g/mol. The van der Waals surface area contributed by atoms with Gasteiger partial charge in [-0.2, -0.15) is 4.57 Å². The van der Waals surface area contributed by atoms with Gasteiger partial charge in [-0.25, -0.2) is 18.6 Å². The third-order valence-corrected chi connectivity index (χ3v) is 3.75. The van der Waals surface area contributed by atoms with Crippen LogP contribution >= 0.6 is 0 Å². The number of halogens is 3. The Morgan fingerprint density at radius 3 is 2.63 bits per heavy atom. The summed E-state index contributed by atoms with van der Waals surface area (Å²) in [6.07, 6.45) is 5.83. The average Bonchev–Trinajstić information content (AvgIpc) is 2.62. The number of nitrogens with one attached hydrogen (secondary N) is 1. The van der Waals surface area contributed by atoms with E-state index in [1.165, 1.54) is 12.1 Å². The molecule has 3 rings (SSSR count). The summed E-state index contributed by atoms with van der Waals surface area (Å²) in [6.45, 7) is 0. The molecule has 7 heteroatoms. The van der Waals surface area contributed by atoms with E-state index in [0.717, 1.165) is 12.3 Å². The molecule has 138 valence electrons. The molecule has 2 heterocycles. The molecule has 0 saturated carbocycles. The van der Waals surface area contributed by atoms with E-state index in [2.05, 4.69) is 4.98 Å². The minimum atomic E-state index is -0.720. The highest BCUT2D eigenvalue weighted by atomic mass is 127. The Kier molecular flexibility index (Phi) is 7.12. The van der Waals surface area contributed by atoms with Crippen molar-refractivity contribution < 1.29 is 51.8 Å². The number of carbonyl (C=O) groups excluding carboxylic acids is 1. The largest absolute Gasteiger partial charge is 1.00 e. The molecule has 1 aromatic carbocycles. The molecule has 27 heavy (non-hydrogen) atoms. The van der Waals surface area contributed by atoms with Gasteiger partial charge in [0.1, 0.15) is 18.7 Å². The number of aryl methyl sites for hydroxylation is 1.